The Morgan fingerprint density at radius 1 is 0.947 bits per heavy atom. The van der Waals surface area contributed by atoms with E-state index in [0.29, 0.717) is 5.92 Å². The molecule has 2 aliphatic carbocycles. The van der Waals surface area contributed by atoms with E-state index in [4.69, 9.17) is 0 Å². The Morgan fingerprint density at radius 3 is 1.95 bits per heavy atom. The molecule has 0 radical (unpaired) electrons. The smallest absolute Gasteiger partial charge is 0.0860 e. The first kappa shape index (κ1) is 14.9. The standard InChI is InChI=1S/C17H29NO/c1-16(19,15-10-6-5-7-11-15)17(14-18)12-8-3-2-4-9-13-17/h15,19H,2-13H2,1H3. The molecule has 0 aliphatic heterocycles. The Balaban J connectivity index is 2.18. The van der Waals surface area contributed by atoms with Gasteiger partial charge < -0.3 is 5.11 Å². The van der Waals surface area contributed by atoms with Gasteiger partial charge >= 0.3 is 0 Å². The van der Waals surface area contributed by atoms with E-state index >= 15 is 0 Å². The molecular weight excluding hydrogens is 234 g/mol. The predicted molar refractivity (Wildman–Crippen MR) is 77.6 cm³/mol. The molecule has 2 rings (SSSR count). The van der Waals surface area contributed by atoms with E-state index in [1.807, 2.05) is 6.92 Å². The lowest BCUT2D eigenvalue weighted by molar-refractivity contribution is -0.106. The number of hydrogen-bond acceptors (Lipinski definition) is 2. The van der Waals surface area contributed by atoms with Crippen LogP contribution in [-0.4, -0.2) is 10.7 Å². The van der Waals surface area contributed by atoms with Gasteiger partial charge in [-0.2, -0.15) is 5.26 Å². The van der Waals surface area contributed by atoms with E-state index in [1.165, 1.54) is 38.5 Å². The van der Waals surface area contributed by atoms with Crippen LogP contribution in [0.1, 0.15) is 84.0 Å². The fourth-order valence-corrected chi connectivity index (χ4v) is 4.30. The van der Waals surface area contributed by atoms with Crippen LogP contribution >= 0.6 is 0 Å². The predicted octanol–water partition coefficient (Wildman–Crippen LogP) is 4.57. The second-order valence-electron chi connectivity index (χ2n) is 6.94. The average Bonchev–Trinajstić information content (AvgIpc) is 2.40. The number of aliphatic hydroxyl groups is 1. The summed E-state index contributed by atoms with van der Waals surface area (Å²) in [6, 6.07) is 2.57. The molecule has 0 bridgehead atoms. The zero-order chi connectivity index (χ0) is 13.8. The molecule has 2 saturated carbocycles. The largest absolute Gasteiger partial charge is 0.388 e. The second kappa shape index (κ2) is 6.27. The molecule has 0 spiro atoms. The van der Waals surface area contributed by atoms with Crippen molar-refractivity contribution in [3.63, 3.8) is 0 Å². The minimum atomic E-state index is -0.792. The summed E-state index contributed by atoms with van der Waals surface area (Å²) in [6.45, 7) is 1.97. The molecule has 2 heteroatoms. The lowest BCUT2D eigenvalue weighted by atomic mass is 9.59. The Bertz CT molecular complexity index is 315. The number of hydrogen-bond donors (Lipinski definition) is 1. The Kier molecular flexibility index (Phi) is 4.90. The number of nitrogens with zero attached hydrogens (tertiary/aromatic N) is 1. The maximum atomic E-state index is 11.2. The van der Waals surface area contributed by atoms with Gasteiger partial charge in [0, 0.05) is 0 Å². The van der Waals surface area contributed by atoms with Crippen LogP contribution < -0.4 is 0 Å². The minimum Gasteiger partial charge on any atom is -0.388 e. The zero-order valence-electron chi connectivity index (χ0n) is 12.5. The fraction of sp³-hybridized carbons (Fsp3) is 0.941. The first-order chi connectivity index (χ1) is 9.12. The van der Waals surface area contributed by atoms with Crippen LogP contribution in [0.15, 0.2) is 0 Å². The highest BCUT2D eigenvalue weighted by Crippen LogP contribution is 2.49. The third kappa shape index (κ3) is 2.97. The highest BCUT2D eigenvalue weighted by Gasteiger charge is 2.51. The van der Waals surface area contributed by atoms with Gasteiger partial charge in [0.05, 0.1) is 17.1 Å². The monoisotopic (exact) mass is 263 g/mol. The first-order valence-corrected chi connectivity index (χ1v) is 8.26. The molecule has 0 aromatic carbocycles. The van der Waals surface area contributed by atoms with Crippen molar-refractivity contribution in [2.75, 3.05) is 0 Å². The summed E-state index contributed by atoms with van der Waals surface area (Å²) in [6.07, 6.45) is 13.7. The Labute approximate surface area is 118 Å². The van der Waals surface area contributed by atoms with E-state index in [1.54, 1.807) is 0 Å². The topological polar surface area (TPSA) is 44.0 Å². The molecule has 19 heavy (non-hydrogen) atoms. The molecule has 0 aromatic heterocycles. The summed E-state index contributed by atoms with van der Waals surface area (Å²) in [7, 11) is 0. The summed E-state index contributed by atoms with van der Waals surface area (Å²) in [5.74, 6) is 0.334. The van der Waals surface area contributed by atoms with Crippen LogP contribution in [-0.2, 0) is 0 Å². The second-order valence-corrected chi connectivity index (χ2v) is 6.94. The molecule has 2 aliphatic rings. The quantitative estimate of drug-likeness (QED) is 0.793. The van der Waals surface area contributed by atoms with Crippen molar-refractivity contribution in [1.29, 1.82) is 5.26 Å². The van der Waals surface area contributed by atoms with Crippen LogP contribution in [0, 0.1) is 22.7 Å². The summed E-state index contributed by atoms with van der Waals surface area (Å²) < 4.78 is 0. The van der Waals surface area contributed by atoms with Gasteiger partial charge in [-0.15, -0.1) is 0 Å². The number of rotatable bonds is 2. The van der Waals surface area contributed by atoms with Gasteiger partial charge in [0.25, 0.3) is 0 Å². The third-order valence-electron chi connectivity index (χ3n) is 5.79. The van der Waals surface area contributed by atoms with Gasteiger partial charge in [0.1, 0.15) is 0 Å². The fourth-order valence-electron chi connectivity index (χ4n) is 4.30. The molecule has 0 heterocycles. The van der Waals surface area contributed by atoms with Gasteiger partial charge in [-0.25, -0.2) is 0 Å². The van der Waals surface area contributed by atoms with Crippen LogP contribution in [0.4, 0.5) is 0 Å². The Morgan fingerprint density at radius 2 is 1.42 bits per heavy atom. The van der Waals surface area contributed by atoms with Gasteiger partial charge in [0.15, 0.2) is 0 Å². The lowest BCUT2D eigenvalue weighted by Gasteiger charge is -2.47. The van der Waals surface area contributed by atoms with Crippen LogP contribution in [0.5, 0.6) is 0 Å². The van der Waals surface area contributed by atoms with E-state index in [-0.39, 0.29) is 0 Å². The van der Waals surface area contributed by atoms with Crippen molar-refractivity contribution in [3.05, 3.63) is 0 Å². The molecule has 0 saturated heterocycles. The summed E-state index contributed by atoms with van der Waals surface area (Å²) >= 11 is 0. The van der Waals surface area contributed by atoms with Gasteiger partial charge in [-0.1, -0.05) is 51.4 Å². The maximum Gasteiger partial charge on any atom is 0.0860 e. The maximum absolute atomic E-state index is 11.2. The van der Waals surface area contributed by atoms with Gasteiger partial charge in [-0.05, 0) is 38.5 Å². The summed E-state index contributed by atoms with van der Waals surface area (Å²) in [5, 5.41) is 21.0. The van der Waals surface area contributed by atoms with Crippen molar-refractivity contribution >= 4 is 0 Å². The van der Waals surface area contributed by atoms with Crippen molar-refractivity contribution < 1.29 is 5.11 Å². The van der Waals surface area contributed by atoms with Crippen LogP contribution in [0.3, 0.4) is 0 Å². The molecule has 2 fully saturated rings. The minimum absolute atomic E-state index is 0.334. The summed E-state index contributed by atoms with van der Waals surface area (Å²) in [4.78, 5) is 0. The molecular formula is C17H29NO. The van der Waals surface area contributed by atoms with E-state index in [9.17, 15) is 10.4 Å². The van der Waals surface area contributed by atoms with Gasteiger partial charge in [-0.3, -0.25) is 0 Å². The zero-order valence-corrected chi connectivity index (χ0v) is 12.5. The van der Waals surface area contributed by atoms with Crippen molar-refractivity contribution in [1.82, 2.24) is 0 Å². The molecule has 0 aromatic rings. The van der Waals surface area contributed by atoms with Crippen molar-refractivity contribution in [3.8, 4) is 6.07 Å². The van der Waals surface area contributed by atoms with E-state index in [0.717, 1.165) is 38.5 Å². The number of nitriles is 1. The van der Waals surface area contributed by atoms with Crippen LogP contribution in [0.2, 0.25) is 0 Å². The summed E-state index contributed by atoms with van der Waals surface area (Å²) in [5.41, 5.74) is -1.28. The third-order valence-corrected chi connectivity index (χ3v) is 5.79. The highest BCUT2D eigenvalue weighted by molar-refractivity contribution is 5.12. The van der Waals surface area contributed by atoms with E-state index < -0.39 is 11.0 Å². The lowest BCUT2D eigenvalue weighted by Crippen LogP contribution is -2.51. The average molecular weight is 263 g/mol. The van der Waals surface area contributed by atoms with Crippen molar-refractivity contribution in [2.45, 2.75) is 89.6 Å². The normalized spacial score (nSPS) is 28.7. The Hall–Kier alpha value is -0.550. The van der Waals surface area contributed by atoms with Crippen LogP contribution in [0.25, 0.3) is 0 Å². The molecule has 1 unspecified atom stereocenters. The van der Waals surface area contributed by atoms with E-state index in [2.05, 4.69) is 6.07 Å². The molecule has 2 nitrogen and oxygen atoms in total. The molecule has 108 valence electrons. The molecule has 1 atom stereocenters. The molecule has 0 amide bonds. The first-order valence-electron chi connectivity index (χ1n) is 8.26. The van der Waals surface area contributed by atoms with Gasteiger partial charge in [0.2, 0.25) is 0 Å². The molecule has 1 N–H and O–H groups in total. The highest BCUT2D eigenvalue weighted by atomic mass is 16.3. The SMILES string of the molecule is CC(O)(C1CCCCC1)C1(C#N)CCCCCCC1. The van der Waals surface area contributed by atoms with Crippen molar-refractivity contribution in [2.24, 2.45) is 11.3 Å².